The highest BCUT2D eigenvalue weighted by molar-refractivity contribution is 14.0. The Kier molecular flexibility index (Phi) is 9.64. The second-order valence-corrected chi connectivity index (χ2v) is 8.27. The molecule has 3 rings (SSSR count). The van der Waals surface area contributed by atoms with Crippen LogP contribution in [0.4, 0.5) is 9.39 Å². The molecule has 0 saturated carbocycles. The van der Waals surface area contributed by atoms with E-state index in [9.17, 15) is 4.39 Å². The van der Waals surface area contributed by atoms with Crippen LogP contribution in [0.15, 0.2) is 46.8 Å². The number of hydrogen-bond acceptors (Lipinski definition) is 4. The Labute approximate surface area is 194 Å². The first-order valence-electron chi connectivity index (χ1n) is 9.74. The first kappa shape index (κ1) is 23.9. The lowest BCUT2D eigenvalue weighted by Gasteiger charge is -2.34. The number of piperidine rings is 1. The predicted molar refractivity (Wildman–Crippen MR) is 132 cm³/mol. The number of anilines is 1. The summed E-state index contributed by atoms with van der Waals surface area (Å²) in [6.07, 6.45) is 2.18. The molecule has 1 unspecified atom stereocenters. The Bertz CT molecular complexity index is 743. The van der Waals surface area contributed by atoms with Gasteiger partial charge in [0.25, 0.3) is 0 Å². The van der Waals surface area contributed by atoms with Crippen LogP contribution in [-0.2, 0) is 0 Å². The highest BCUT2D eigenvalue weighted by atomic mass is 127. The van der Waals surface area contributed by atoms with Crippen LogP contribution in [0.2, 0.25) is 0 Å². The van der Waals surface area contributed by atoms with Crippen molar-refractivity contribution in [2.45, 2.75) is 24.9 Å². The zero-order valence-corrected chi connectivity index (χ0v) is 20.4. The maximum Gasteiger partial charge on any atom is 0.191 e. The summed E-state index contributed by atoms with van der Waals surface area (Å²) in [7, 11) is 5.87. The van der Waals surface area contributed by atoms with E-state index >= 15 is 0 Å². The Morgan fingerprint density at radius 3 is 2.48 bits per heavy atom. The highest BCUT2D eigenvalue weighted by Gasteiger charge is 2.21. The van der Waals surface area contributed by atoms with E-state index in [0.717, 1.165) is 37.5 Å². The van der Waals surface area contributed by atoms with Crippen molar-refractivity contribution in [1.29, 1.82) is 0 Å². The molecule has 160 valence electrons. The number of guanidine groups is 1. The van der Waals surface area contributed by atoms with Crippen molar-refractivity contribution >= 4 is 46.3 Å². The molecule has 0 bridgehead atoms. The number of likely N-dealkylation sites (N-methyl/N-ethyl adjacent to an activating group) is 1. The minimum atomic E-state index is -0.208. The van der Waals surface area contributed by atoms with Crippen LogP contribution in [0.25, 0.3) is 0 Å². The number of nitrogens with zero attached hydrogens (tertiary/aromatic N) is 3. The van der Waals surface area contributed by atoms with Crippen LogP contribution >= 0.6 is 35.3 Å². The van der Waals surface area contributed by atoms with Gasteiger partial charge in [0.1, 0.15) is 5.82 Å². The second kappa shape index (κ2) is 11.7. The topological polar surface area (TPSA) is 42.9 Å². The molecule has 0 spiro atoms. The number of aliphatic imine (C=N–C) groups is 1. The molecule has 29 heavy (non-hydrogen) atoms. The minimum Gasteiger partial charge on any atom is -0.363 e. The van der Waals surface area contributed by atoms with Crippen molar-refractivity contribution in [3.8, 4) is 0 Å². The Morgan fingerprint density at radius 2 is 1.93 bits per heavy atom. The molecule has 0 aliphatic carbocycles. The minimum absolute atomic E-state index is 0. The molecule has 0 amide bonds. The molecular weight excluding hydrogens is 500 g/mol. The Hall–Kier alpha value is -1.39. The van der Waals surface area contributed by atoms with Gasteiger partial charge in [-0.25, -0.2) is 4.39 Å². The first-order chi connectivity index (χ1) is 13.6. The van der Waals surface area contributed by atoms with Gasteiger partial charge >= 0.3 is 0 Å². The predicted octanol–water partition coefficient (Wildman–Crippen LogP) is 3.94. The van der Waals surface area contributed by atoms with Gasteiger partial charge in [0.05, 0.1) is 11.0 Å². The SMILES string of the molecule is CN=C(NCC(c1ccc(F)cc1)N(C)C)NC1CCN(c2cccs2)CC1.I. The summed E-state index contributed by atoms with van der Waals surface area (Å²) in [5, 5.41) is 10.5. The molecule has 5 nitrogen and oxygen atoms in total. The summed E-state index contributed by atoms with van der Waals surface area (Å²) in [6.45, 7) is 2.82. The van der Waals surface area contributed by atoms with Gasteiger partial charge in [-0.3, -0.25) is 4.99 Å². The number of thiophene rings is 1. The third kappa shape index (κ3) is 6.82. The molecule has 1 aromatic carbocycles. The number of halogens is 2. The number of hydrogen-bond donors (Lipinski definition) is 2. The molecule has 2 N–H and O–H groups in total. The second-order valence-electron chi connectivity index (χ2n) is 7.34. The fourth-order valence-electron chi connectivity index (χ4n) is 3.56. The summed E-state index contributed by atoms with van der Waals surface area (Å²) in [4.78, 5) is 8.98. The lowest BCUT2D eigenvalue weighted by molar-refractivity contribution is 0.297. The molecule has 1 saturated heterocycles. The summed E-state index contributed by atoms with van der Waals surface area (Å²) in [6, 6.07) is 11.6. The molecule has 1 aliphatic rings. The number of benzene rings is 1. The molecule has 0 radical (unpaired) electrons. The lowest BCUT2D eigenvalue weighted by atomic mass is 10.1. The fourth-order valence-corrected chi connectivity index (χ4v) is 4.34. The van der Waals surface area contributed by atoms with Crippen molar-refractivity contribution in [2.24, 2.45) is 4.99 Å². The largest absolute Gasteiger partial charge is 0.363 e. The maximum atomic E-state index is 13.2. The summed E-state index contributed by atoms with van der Waals surface area (Å²) in [5.74, 6) is 0.615. The molecular formula is C21H31FIN5S. The van der Waals surface area contributed by atoms with Gasteiger partial charge in [-0.1, -0.05) is 12.1 Å². The van der Waals surface area contributed by atoms with Crippen LogP contribution in [-0.4, -0.2) is 57.7 Å². The van der Waals surface area contributed by atoms with E-state index < -0.39 is 0 Å². The highest BCUT2D eigenvalue weighted by Crippen LogP contribution is 2.24. The van der Waals surface area contributed by atoms with Crippen molar-refractivity contribution in [2.75, 3.05) is 45.7 Å². The molecule has 1 atom stereocenters. The van der Waals surface area contributed by atoms with Crippen LogP contribution in [0, 0.1) is 5.82 Å². The van der Waals surface area contributed by atoms with Gasteiger partial charge in [-0.2, -0.15) is 0 Å². The molecule has 1 aliphatic heterocycles. The van der Waals surface area contributed by atoms with Gasteiger partial charge < -0.3 is 20.4 Å². The van der Waals surface area contributed by atoms with Gasteiger partial charge in [0, 0.05) is 32.7 Å². The Balaban J connectivity index is 0.00000300. The van der Waals surface area contributed by atoms with E-state index in [1.807, 2.05) is 26.2 Å². The van der Waals surface area contributed by atoms with E-state index in [2.05, 4.69) is 42.9 Å². The summed E-state index contributed by atoms with van der Waals surface area (Å²) in [5.41, 5.74) is 1.08. The summed E-state index contributed by atoms with van der Waals surface area (Å²) < 4.78 is 13.2. The smallest absolute Gasteiger partial charge is 0.191 e. The molecule has 2 heterocycles. The lowest BCUT2D eigenvalue weighted by Crippen LogP contribution is -2.49. The van der Waals surface area contributed by atoms with Gasteiger partial charge in [-0.05, 0) is 62.1 Å². The van der Waals surface area contributed by atoms with E-state index in [-0.39, 0.29) is 35.8 Å². The molecule has 1 aromatic heterocycles. The van der Waals surface area contributed by atoms with Gasteiger partial charge in [0.15, 0.2) is 5.96 Å². The molecule has 1 fully saturated rings. The van der Waals surface area contributed by atoms with Crippen molar-refractivity contribution in [3.05, 3.63) is 53.2 Å². The molecule has 2 aromatic rings. The van der Waals surface area contributed by atoms with Gasteiger partial charge in [-0.15, -0.1) is 35.3 Å². The van der Waals surface area contributed by atoms with Crippen LogP contribution < -0.4 is 15.5 Å². The van der Waals surface area contributed by atoms with Crippen molar-refractivity contribution in [1.82, 2.24) is 15.5 Å². The van der Waals surface area contributed by atoms with E-state index in [4.69, 9.17) is 0 Å². The normalized spacial score (nSPS) is 16.4. The third-order valence-corrected chi connectivity index (χ3v) is 6.15. The summed E-state index contributed by atoms with van der Waals surface area (Å²) >= 11 is 1.80. The average molecular weight is 531 g/mol. The first-order valence-corrected chi connectivity index (χ1v) is 10.6. The van der Waals surface area contributed by atoms with Crippen LogP contribution in [0.3, 0.4) is 0 Å². The van der Waals surface area contributed by atoms with E-state index in [0.29, 0.717) is 12.6 Å². The van der Waals surface area contributed by atoms with Crippen LogP contribution in [0.1, 0.15) is 24.4 Å². The quantitative estimate of drug-likeness (QED) is 0.337. The standard InChI is InChI=1S/C21H30FN5S.HI/c1-23-21(24-15-19(26(2)3)16-6-8-17(22)9-7-16)25-18-10-12-27(13-11-18)20-5-4-14-28-20;/h4-9,14,18-19H,10-13,15H2,1-3H3,(H2,23,24,25);1H. The maximum absolute atomic E-state index is 13.2. The third-order valence-electron chi connectivity index (χ3n) is 5.22. The Morgan fingerprint density at radius 1 is 1.24 bits per heavy atom. The molecule has 8 heteroatoms. The monoisotopic (exact) mass is 531 g/mol. The van der Waals surface area contributed by atoms with Gasteiger partial charge in [0.2, 0.25) is 0 Å². The number of rotatable bonds is 6. The van der Waals surface area contributed by atoms with Crippen LogP contribution in [0.5, 0.6) is 0 Å². The van der Waals surface area contributed by atoms with Crippen molar-refractivity contribution < 1.29 is 4.39 Å². The van der Waals surface area contributed by atoms with Crippen molar-refractivity contribution in [3.63, 3.8) is 0 Å². The zero-order valence-electron chi connectivity index (χ0n) is 17.3. The van der Waals surface area contributed by atoms with E-state index in [1.54, 1.807) is 18.4 Å². The number of nitrogens with one attached hydrogen (secondary N) is 2. The van der Waals surface area contributed by atoms with E-state index in [1.165, 1.54) is 17.1 Å². The fraction of sp³-hybridized carbons (Fsp3) is 0.476. The zero-order chi connectivity index (χ0) is 19.9. The average Bonchev–Trinajstić information content (AvgIpc) is 3.23.